The van der Waals surface area contributed by atoms with Crippen LogP contribution in [0.2, 0.25) is 0 Å². The number of hydrogen-bond acceptors (Lipinski definition) is 3. The van der Waals surface area contributed by atoms with Crippen molar-refractivity contribution in [1.82, 2.24) is 15.2 Å². The van der Waals surface area contributed by atoms with Crippen molar-refractivity contribution < 1.29 is 13.6 Å². The van der Waals surface area contributed by atoms with Gasteiger partial charge in [0, 0.05) is 30.8 Å². The number of halogens is 2. The third-order valence-electron chi connectivity index (χ3n) is 6.22. The second kappa shape index (κ2) is 8.99. The molecule has 4 rings (SSSR count). The summed E-state index contributed by atoms with van der Waals surface area (Å²) in [5, 5.41) is 3.25. The molecule has 4 nitrogen and oxygen atoms in total. The summed E-state index contributed by atoms with van der Waals surface area (Å²) in [6.07, 6.45) is 6.69. The van der Waals surface area contributed by atoms with Crippen LogP contribution in [0.15, 0.2) is 42.6 Å². The molecule has 29 heavy (non-hydrogen) atoms. The molecule has 0 bridgehead atoms. The van der Waals surface area contributed by atoms with Gasteiger partial charge in [0.1, 0.15) is 0 Å². The van der Waals surface area contributed by atoms with Crippen molar-refractivity contribution in [1.29, 1.82) is 0 Å². The average Bonchev–Trinajstić information content (AvgIpc) is 2.69. The number of nitrogens with zero attached hydrogens (tertiary/aromatic N) is 2. The lowest BCUT2D eigenvalue weighted by Gasteiger charge is -2.38. The Balaban J connectivity index is 1.49. The van der Waals surface area contributed by atoms with Gasteiger partial charge in [-0.2, -0.15) is 0 Å². The van der Waals surface area contributed by atoms with Gasteiger partial charge in [-0.15, -0.1) is 0 Å². The minimum Gasteiger partial charge on any atom is -0.347 e. The lowest BCUT2D eigenvalue weighted by Crippen LogP contribution is -2.45. The first-order chi connectivity index (χ1) is 14.1. The van der Waals surface area contributed by atoms with Gasteiger partial charge in [0.25, 0.3) is 0 Å². The van der Waals surface area contributed by atoms with Crippen LogP contribution in [0.4, 0.5) is 8.78 Å². The summed E-state index contributed by atoms with van der Waals surface area (Å²) in [6, 6.07) is 9.93. The molecule has 1 saturated carbocycles. The maximum Gasteiger partial charge on any atom is 0.223 e. The lowest BCUT2D eigenvalue weighted by atomic mass is 9.83. The van der Waals surface area contributed by atoms with Crippen molar-refractivity contribution in [3.63, 3.8) is 0 Å². The molecule has 1 N–H and O–H groups in total. The Hall–Kier alpha value is -2.34. The molecule has 1 saturated heterocycles. The summed E-state index contributed by atoms with van der Waals surface area (Å²) in [5.41, 5.74) is 1.24. The fourth-order valence-corrected chi connectivity index (χ4v) is 4.35. The Morgan fingerprint density at radius 2 is 2.00 bits per heavy atom. The molecule has 1 aromatic carbocycles. The third kappa shape index (κ3) is 4.64. The summed E-state index contributed by atoms with van der Waals surface area (Å²) in [7, 11) is 0. The van der Waals surface area contributed by atoms with Crippen LogP contribution < -0.4 is 5.32 Å². The molecule has 2 aliphatic rings. The number of amides is 1. The lowest BCUT2D eigenvalue weighted by molar-refractivity contribution is -0.128. The molecule has 2 heterocycles. The molecular formula is C23H27F2N3O. The van der Waals surface area contributed by atoms with Gasteiger partial charge < -0.3 is 5.32 Å². The van der Waals surface area contributed by atoms with E-state index in [1.165, 1.54) is 0 Å². The first-order valence-electron chi connectivity index (χ1n) is 10.5. The topological polar surface area (TPSA) is 45.2 Å². The maximum atomic E-state index is 14.1. The van der Waals surface area contributed by atoms with Gasteiger partial charge in [0.15, 0.2) is 11.6 Å². The van der Waals surface area contributed by atoms with Crippen LogP contribution in [0.3, 0.4) is 0 Å². The normalized spacial score (nSPS) is 21.4. The Morgan fingerprint density at radius 3 is 2.72 bits per heavy atom. The molecule has 0 spiro atoms. The van der Waals surface area contributed by atoms with Crippen LogP contribution in [0.25, 0.3) is 0 Å². The summed E-state index contributed by atoms with van der Waals surface area (Å²) in [5.74, 6) is -1.17. The van der Waals surface area contributed by atoms with Crippen molar-refractivity contribution in [3.8, 4) is 0 Å². The smallest absolute Gasteiger partial charge is 0.223 e. The van der Waals surface area contributed by atoms with Gasteiger partial charge in [-0.25, -0.2) is 8.78 Å². The zero-order valence-electron chi connectivity index (χ0n) is 16.5. The van der Waals surface area contributed by atoms with E-state index in [1.807, 2.05) is 18.2 Å². The quantitative estimate of drug-likeness (QED) is 0.791. The van der Waals surface area contributed by atoms with Gasteiger partial charge in [0.05, 0.1) is 11.7 Å². The Bertz CT molecular complexity index is 841. The van der Waals surface area contributed by atoms with Crippen molar-refractivity contribution >= 4 is 5.91 Å². The number of benzene rings is 1. The molecule has 0 radical (unpaired) electrons. The zero-order chi connectivity index (χ0) is 20.2. The molecule has 1 aromatic heterocycles. The maximum absolute atomic E-state index is 14.1. The van der Waals surface area contributed by atoms with Crippen molar-refractivity contribution in [2.45, 2.75) is 44.7 Å². The molecule has 6 heteroatoms. The number of aromatic nitrogens is 1. The number of piperidine rings is 1. The van der Waals surface area contributed by atoms with E-state index in [0.29, 0.717) is 18.7 Å². The summed E-state index contributed by atoms with van der Waals surface area (Å²) in [6.45, 7) is 1.91. The second-order valence-electron chi connectivity index (χ2n) is 8.22. The van der Waals surface area contributed by atoms with E-state index in [-0.39, 0.29) is 23.8 Å². The van der Waals surface area contributed by atoms with Gasteiger partial charge in [-0.1, -0.05) is 24.6 Å². The minimum absolute atomic E-state index is 0.111. The first-order valence-corrected chi connectivity index (χ1v) is 10.5. The highest BCUT2D eigenvalue weighted by Crippen LogP contribution is 2.32. The van der Waals surface area contributed by atoms with Crippen molar-refractivity contribution in [2.75, 3.05) is 13.1 Å². The molecule has 1 amide bonds. The van der Waals surface area contributed by atoms with Gasteiger partial charge in [-0.05, 0) is 56.3 Å². The van der Waals surface area contributed by atoms with E-state index < -0.39 is 11.6 Å². The largest absolute Gasteiger partial charge is 0.347 e. The van der Waals surface area contributed by atoms with E-state index in [0.717, 1.165) is 50.4 Å². The average molecular weight is 399 g/mol. The fraction of sp³-hybridized carbons (Fsp3) is 0.478. The molecule has 0 unspecified atom stereocenters. The molecule has 154 valence electrons. The number of carbonyl (C=O) groups is 1. The van der Waals surface area contributed by atoms with E-state index in [2.05, 4.69) is 15.2 Å². The van der Waals surface area contributed by atoms with Gasteiger partial charge in [0.2, 0.25) is 5.91 Å². The van der Waals surface area contributed by atoms with Gasteiger partial charge >= 0.3 is 0 Å². The van der Waals surface area contributed by atoms with E-state index in [1.54, 1.807) is 18.3 Å². The van der Waals surface area contributed by atoms with Crippen molar-refractivity contribution in [3.05, 3.63) is 65.5 Å². The van der Waals surface area contributed by atoms with Crippen LogP contribution in [0.5, 0.6) is 0 Å². The molecule has 1 aliphatic heterocycles. The summed E-state index contributed by atoms with van der Waals surface area (Å²) in [4.78, 5) is 19.3. The number of nitrogens with one attached hydrogen (secondary N) is 1. The van der Waals surface area contributed by atoms with Crippen LogP contribution >= 0.6 is 0 Å². The number of likely N-dealkylation sites (tertiary alicyclic amines) is 1. The minimum atomic E-state index is -0.810. The first kappa shape index (κ1) is 20.0. The standard InChI is InChI=1S/C23H27F2N3O/c24-19-10-4-8-17(21(19)25)14-28-13-5-9-18(15-28)22(20-11-1-2-12-26-20)27-23(29)16-6-3-7-16/h1-2,4,8,10-12,16,18,22H,3,5-7,9,13-15H2,(H,27,29)/t18-,22-/m0/s1. The SMILES string of the molecule is O=C(N[C@H](c1ccccn1)[C@H]1CCCN(Cc2cccc(F)c2F)C1)C1CCC1. The summed E-state index contributed by atoms with van der Waals surface area (Å²) < 4.78 is 27.7. The fourth-order valence-electron chi connectivity index (χ4n) is 4.35. The molecule has 2 atom stereocenters. The second-order valence-corrected chi connectivity index (χ2v) is 8.22. The van der Waals surface area contributed by atoms with E-state index in [9.17, 15) is 13.6 Å². The number of rotatable bonds is 6. The number of carbonyl (C=O) groups excluding carboxylic acids is 1. The number of hydrogen-bond donors (Lipinski definition) is 1. The zero-order valence-corrected chi connectivity index (χ0v) is 16.5. The van der Waals surface area contributed by atoms with Crippen LogP contribution in [0.1, 0.15) is 49.4 Å². The molecule has 2 fully saturated rings. The predicted molar refractivity (Wildman–Crippen MR) is 107 cm³/mol. The Labute approximate surface area is 170 Å². The predicted octanol–water partition coefficient (Wildman–Crippen LogP) is 4.23. The third-order valence-corrected chi connectivity index (χ3v) is 6.22. The monoisotopic (exact) mass is 399 g/mol. The molecule has 2 aromatic rings. The highest BCUT2D eigenvalue weighted by atomic mass is 19.2. The molecule has 1 aliphatic carbocycles. The Morgan fingerprint density at radius 1 is 1.14 bits per heavy atom. The van der Waals surface area contributed by atoms with E-state index >= 15 is 0 Å². The number of pyridine rings is 1. The van der Waals surface area contributed by atoms with Crippen molar-refractivity contribution in [2.24, 2.45) is 11.8 Å². The van der Waals surface area contributed by atoms with Gasteiger partial charge in [-0.3, -0.25) is 14.7 Å². The highest BCUT2D eigenvalue weighted by molar-refractivity contribution is 5.79. The Kier molecular flexibility index (Phi) is 6.19. The molecular weight excluding hydrogens is 372 g/mol. The highest BCUT2D eigenvalue weighted by Gasteiger charge is 2.33. The van der Waals surface area contributed by atoms with Crippen LogP contribution in [-0.4, -0.2) is 28.9 Å². The van der Waals surface area contributed by atoms with Crippen LogP contribution in [0, 0.1) is 23.5 Å². The van der Waals surface area contributed by atoms with Crippen LogP contribution in [-0.2, 0) is 11.3 Å². The van der Waals surface area contributed by atoms with E-state index in [4.69, 9.17) is 0 Å². The summed E-state index contributed by atoms with van der Waals surface area (Å²) >= 11 is 0.